The van der Waals surface area contributed by atoms with Crippen LogP contribution >= 0.6 is 23.5 Å². The van der Waals surface area contributed by atoms with E-state index in [-0.39, 0.29) is 17.6 Å². The molecule has 1 aliphatic rings. The van der Waals surface area contributed by atoms with Crippen LogP contribution in [-0.4, -0.2) is 35.5 Å². The van der Waals surface area contributed by atoms with E-state index in [9.17, 15) is 9.59 Å². The van der Waals surface area contributed by atoms with Crippen molar-refractivity contribution in [2.45, 2.75) is 22.5 Å². The lowest BCUT2D eigenvalue weighted by Crippen LogP contribution is -2.43. The topological polar surface area (TPSA) is 63.6 Å². The molecular formula is C28H27N3O3S2. The number of ether oxygens (including phenoxy) is 1. The predicted octanol–water partition coefficient (Wildman–Crippen LogP) is 5.41. The van der Waals surface area contributed by atoms with E-state index in [0.717, 1.165) is 32.0 Å². The molecule has 0 aliphatic carbocycles. The number of amides is 2. The molecular weight excluding hydrogens is 490 g/mol. The van der Waals surface area contributed by atoms with Gasteiger partial charge in [0.05, 0.1) is 17.9 Å². The molecule has 1 aromatic heterocycles. The molecule has 1 atom stereocenters. The third-order valence-corrected chi connectivity index (χ3v) is 8.33. The van der Waals surface area contributed by atoms with E-state index in [1.165, 1.54) is 11.8 Å². The molecule has 0 unspecified atom stereocenters. The first-order chi connectivity index (χ1) is 17.5. The van der Waals surface area contributed by atoms with Crippen molar-refractivity contribution < 1.29 is 14.3 Å². The minimum Gasteiger partial charge on any atom is -0.496 e. The van der Waals surface area contributed by atoms with Crippen LogP contribution in [0.2, 0.25) is 0 Å². The van der Waals surface area contributed by atoms with Crippen LogP contribution in [0, 0.1) is 0 Å². The van der Waals surface area contributed by atoms with Crippen LogP contribution in [-0.2, 0) is 23.2 Å². The van der Waals surface area contributed by atoms with Gasteiger partial charge in [0.15, 0.2) is 0 Å². The average Bonchev–Trinajstić information content (AvgIpc) is 3.09. The summed E-state index contributed by atoms with van der Waals surface area (Å²) in [6, 6.07) is 22.7. The van der Waals surface area contributed by atoms with Crippen molar-refractivity contribution in [1.82, 2.24) is 9.88 Å². The lowest BCUT2D eigenvalue weighted by Gasteiger charge is -2.30. The van der Waals surface area contributed by atoms with Crippen molar-refractivity contribution in [3.05, 3.63) is 83.9 Å². The molecule has 1 N–H and O–H groups in total. The van der Waals surface area contributed by atoms with E-state index >= 15 is 0 Å². The van der Waals surface area contributed by atoms with Crippen LogP contribution in [0.3, 0.4) is 0 Å². The number of benzene rings is 3. The Morgan fingerprint density at radius 3 is 2.69 bits per heavy atom. The summed E-state index contributed by atoms with van der Waals surface area (Å²) in [4.78, 5) is 30.4. The Kier molecular flexibility index (Phi) is 6.98. The Morgan fingerprint density at radius 2 is 1.89 bits per heavy atom. The smallest absolute Gasteiger partial charge is 0.248 e. The summed E-state index contributed by atoms with van der Waals surface area (Å²) in [7, 11) is 3.61. The largest absolute Gasteiger partial charge is 0.496 e. The van der Waals surface area contributed by atoms with Gasteiger partial charge in [0.25, 0.3) is 0 Å². The zero-order valence-electron chi connectivity index (χ0n) is 20.4. The number of carbonyl (C=O) groups excluding carboxylic acids is 2. The third-order valence-electron chi connectivity index (χ3n) is 6.45. The molecule has 4 aromatic rings. The number of aromatic nitrogens is 1. The molecule has 184 valence electrons. The Labute approximate surface area is 219 Å². The van der Waals surface area contributed by atoms with Crippen LogP contribution < -0.4 is 15.0 Å². The van der Waals surface area contributed by atoms with E-state index in [1.807, 2.05) is 80.0 Å². The fraction of sp³-hybridized carbons (Fsp3) is 0.214. The molecule has 0 fully saturated rings. The Bertz CT molecular complexity index is 1450. The molecule has 0 bridgehead atoms. The first-order valence-electron chi connectivity index (χ1n) is 11.6. The molecule has 6 nitrogen and oxygen atoms in total. The van der Waals surface area contributed by atoms with Crippen molar-refractivity contribution in [1.29, 1.82) is 0 Å². The summed E-state index contributed by atoms with van der Waals surface area (Å²) >= 11 is 3.09. The predicted molar refractivity (Wildman–Crippen MR) is 147 cm³/mol. The molecule has 36 heavy (non-hydrogen) atoms. The quantitative estimate of drug-likeness (QED) is 0.347. The number of anilines is 1. The molecule has 5 rings (SSSR count). The summed E-state index contributed by atoms with van der Waals surface area (Å²) in [6.45, 7) is 0.291. The van der Waals surface area contributed by atoms with Crippen molar-refractivity contribution in [3.8, 4) is 5.75 Å². The van der Waals surface area contributed by atoms with Gasteiger partial charge in [-0.2, -0.15) is 0 Å². The van der Waals surface area contributed by atoms with E-state index in [4.69, 9.17) is 4.74 Å². The highest BCUT2D eigenvalue weighted by Crippen LogP contribution is 2.43. The van der Waals surface area contributed by atoms with Gasteiger partial charge in [-0.3, -0.25) is 14.5 Å². The lowest BCUT2D eigenvalue weighted by atomic mass is 10.0. The molecule has 0 saturated carbocycles. The monoisotopic (exact) mass is 517 g/mol. The minimum absolute atomic E-state index is 0.101. The van der Waals surface area contributed by atoms with Crippen LogP contribution in [0.1, 0.15) is 17.2 Å². The number of nitrogens with zero attached hydrogens (tertiary/aromatic N) is 2. The van der Waals surface area contributed by atoms with E-state index in [1.54, 1.807) is 23.8 Å². The van der Waals surface area contributed by atoms with Gasteiger partial charge < -0.3 is 14.6 Å². The number of para-hydroxylation sites is 2. The summed E-state index contributed by atoms with van der Waals surface area (Å²) in [5.41, 5.74) is 3.48. The number of nitrogens with one attached hydrogen (secondary N) is 1. The first-order valence-corrected chi connectivity index (χ1v) is 13.8. The van der Waals surface area contributed by atoms with E-state index < -0.39 is 6.04 Å². The zero-order chi connectivity index (χ0) is 25.2. The van der Waals surface area contributed by atoms with E-state index in [0.29, 0.717) is 18.0 Å². The summed E-state index contributed by atoms with van der Waals surface area (Å²) in [5.74, 6) is 0.622. The molecule has 2 heterocycles. The maximum Gasteiger partial charge on any atom is 0.248 e. The van der Waals surface area contributed by atoms with Gasteiger partial charge >= 0.3 is 0 Å². The average molecular weight is 518 g/mol. The number of methoxy groups -OCH3 is 1. The Balaban J connectivity index is 1.64. The summed E-state index contributed by atoms with van der Waals surface area (Å²) < 4.78 is 7.56. The van der Waals surface area contributed by atoms with Crippen LogP contribution in [0.5, 0.6) is 5.75 Å². The maximum atomic E-state index is 14.1. The fourth-order valence-electron chi connectivity index (χ4n) is 4.74. The fourth-order valence-corrected chi connectivity index (χ4v) is 6.26. The van der Waals surface area contributed by atoms with Crippen molar-refractivity contribution in [3.63, 3.8) is 0 Å². The highest BCUT2D eigenvalue weighted by Gasteiger charge is 2.39. The molecule has 2 amide bonds. The van der Waals surface area contributed by atoms with Gasteiger partial charge in [-0.05, 0) is 36.6 Å². The summed E-state index contributed by atoms with van der Waals surface area (Å²) in [6.07, 6.45) is 2.00. The number of rotatable bonds is 6. The number of hydrogen-bond donors (Lipinski definition) is 1. The highest BCUT2D eigenvalue weighted by atomic mass is 32.2. The van der Waals surface area contributed by atoms with Crippen LogP contribution in [0.25, 0.3) is 10.9 Å². The molecule has 1 aliphatic heterocycles. The third kappa shape index (κ3) is 4.35. The van der Waals surface area contributed by atoms with Crippen molar-refractivity contribution >= 4 is 51.9 Å². The van der Waals surface area contributed by atoms with Crippen molar-refractivity contribution in [2.75, 3.05) is 24.0 Å². The zero-order valence-corrected chi connectivity index (χ0v) is 22.0. The molecule has 3 aromatic carbocycles. The van der Waals surface area contributed by atoms with Gasteiger partial charge in [0.1, 0.15) is 11.8 Å². The molecule has 8 heteroatoms. The second kappa shape index (κ2) is 10.3. The van der Waals surface area contributed by atoms with Crippen LogP contribution in [0.15, 0.2) is 82.7 Å². The van der Waals surface area contributed by atoms with Gasteiger partial charge in [-0.15, -0.1) is 11.8 Å². The number of aryl methyl sites for hydroxylation is 1. The number of thioether (sulfide) groups is 2. The first kappa shape index (κ1) is 24.3. The highest BCUT2D eigenvalue weighted by molar-refractivity contribution is 8.00. The normalized spacial score (nSPS) is 15.5. The van der Waals surface area contributed by atoms with Crippen molar-refractivity contribution in [2.24, 2.45) is 7.05 Å². The number of hydrogen-bond acceptors (Lipinski definition) is 5. The Morgan fingerprint density at radius 1 is 1.11 bits per heavy atom. The van der Waals surface area contributed by atoms with Gasteiger partial charge in [-0.25, -0.2) is 0 Å². The summed E-state index contributed by atoms with van der Waals surface area (Å²) in [5, 5.41) is 5.01. The van der Waals surface area contributed by atoms with E-state index in [2.05, 4.69) is 16.0 Å². The second-order valence-electron chi connectivity index (χ2n) is 8.48. The molecule has 0 radical (unpaired) electrons. The van der Waals surface area contributed by atoms with Gasteiger partial charge in [0, 0.05) is 46.2 Å². The number of fused-ring (bicyclic) bond motifs is 3. The van der Waals surface area contributed by atoms with Gasteiger partial charge in [-0.1, -0.05) is 54.2 Å². The second-order valence-corrected chi connectivity index (χ2v) is 10.3. The Hall–Kier alpha value is -3.36. The molecule has 0 saturated heterocycles. The minimum atomic E-state index is -0.819. The lowest BCUT2D eigenvalue weighted by molar-refractivity contribution is -0.125. The molecule has 0 spiro atoms. The number of carbonyl (C=O) groups is 2. The standard InChI is InChI=1S/C28H27N3O3S2/c1-30-22-13-6-5-12-21(22)25-26(27(33)29-16-18-9-4-7-14-23(18)34-2)31(24(32)17-36-28(25)30)19-10-8-11-20(15-19)35-3/h4-15,26H,16-17H2,1-3H3,(H,29,33)/t26-/m0/s1. The maximum absolute atomic E-state index is 14.1. The van der Waals surface area contributed by atoms with Crippen LogP contribution in [0.4, 0.5) is 5.69 Å². The SMILES string of the molecule is COc1ccccc1CNC(=O)[C@@H]1c2c(n(C)c3ccccc23)SCC(=O)N1c1cccc(SC)c1. The van der Waals surface area contributed by atoms with Gasteiger partial charge in [0.2, 0.25) is 11.8 Å².